The number of hydrogen-bond donors (Lipinski definition) is 0. The van der Waals surface area contributed by atoms with Gasteiger partial charge in [-0.15, -0.1) is 0 Å². The van der Waals surface area contributed by atoms with Crippen LogP contribution in [0.2, 0.25) is 0 Å². The molecule has 2 aromatic rings. The Morgan fingerprint density at radius 3 is 2.65 bits per heavy atom. The highest BCUT2D eigenvalue weighted by Gasteiger charge is 2.08. The molecule has 0 N–H and O–H groups in total. The molecule has 0 unspecified atom stereocenters. The number of aryl methyl sites for hydroxylation is 1. The molecular formula is C14H13NO2. The molecular weight excluding hydrogens is 214 g/mol. The van der Waals surface area contributed by atoms with Crippen LogP contribution in [0.25, 0.3) is 11.3 Å². The van der Waals surface area contributed by atoms with Gasteiger partial charge in [0.1, 0.15) is 5.69 Å². The molecule has 0 amide bonds. The quantitative estimate of drug-likeness (QED) is 0.740. The lowest BCUT2D eigenvalue weighted by Gasteiger charge is -2.04. The molecule has 0 atom stereocenters. The highest BCUT2D eigenvalue weighted by atomic mass is 16.5. The van der Waals surface area contributed by atoms with Gasteiger partial charge in [0.25, 0.3) is 0 Å². The fourth-order valence-corrected chi connectivity index (χ4v) is 1.62. The largest absolute Gasteiger partial charge is 0.464 e. The summed E-state index contributed by atoms with van der Waals surface area (Å²) in [4.78, 5) is 15.7. The van der Waals surface area contributed by atoms with Crippen molar-refractivity contribution in [1.29, 1.82) is 0 Å². The van der Waals surface area contributed by atoms with E-state index in [0.29, 0.717) is 5.69 Å². The average Bonchev–Trinajstić information content (AvgIpc) is 2.38. The molecule has 0 fully saturated rings. The van der Waals surface area contributed by atoms with Gasteiger partial charge in [-0.3, -0.25) is 0 Å². The smallest absolute Gasteiger partial charge is 0.356 e. The van der Waals surface area contributed by atoms with Crippen molar-refractivity contribution >= 4 is 5.97 Å². The van der Waals surface area contributed by atoms with Crippen LogP contribution >= 0.6 is 0 Å². The van der Waals surface area contributed by atoms with E-state index in [9.17, 15) is 4.79 Å². The zero-order chi connectivity index (χ0) is 12.3. The van der Waals surface area contributed by atoms with Crippen molar-refractivity contribution in [3.8, 4) is 11.3 Å². The number of esters is 1. The molecule has 3 nitrogen and oxygen atoms in total. The van der Waals surface area contributed by atoms with Gasteiger partial charge in [0.2, 0.25) is 0 Å². The van der Waals surface area contributed by atoms with Gasteiger partial charge in [-0.25, -0.2) is 9.78 Å². The molecule has 3 heteroatoms. The Morgan fingerprint density at radius 2 is 1.94 bits per heavy atom. The zero-order valence-corrected chi connectivity index (χ0v) is 9.81. The topological polar surface area (TPSA) is 39.2 Å². The molecule has 0 saturated heterocycles. The lowest BCUT2D eigenvalue weighted by Crippen LogP contribution is -2.04. The van der Waals surface area contributed by atoms with E-state index in [-0.39, 0.29) is 0 Å². The Bertz CT molecular complexity index is 549. The Balaban J connectivity index is 2.43. The molecule has 1 aromatic carbocycles. The second-order valence-electron chi connectivity index (χ2n) is 3.77. The van der Waals surface area contributed by atoms with Crippen LogP contribution in [0.1, 0.15) is 16.1 Å². The van der Waals surface area contributed by atoms with E-state index in [0.717, 1.165) is 16.8 Å². The van der Waals surface area contributed by atoms with Gasteiger partial charge in [0, 0.05) is 5.56 Å². The number of benzene rings is 1. The third-order valence-corrected chi connectivity index (χ3v) is 2.46. The minimum Gasteiger partial charge on any atom is -0.464 e. The molecule has 0 bridgehead atoms. The zero-order valence-electron chi connectivity index (χ0n) is 9.81. The lowest BCUT2D eigenvalue weighted by molar-refractivity contribution is 0.0594. The van der Waals surface area contributed by atoms with Crippen LogP contribution in [-0.2, 0) is 4.74 Å². The number of ether oxygens (including phenoxy) is 1. The van der Waals surface area contributed by atoms with E-state index in [1.807, 2.05) is 37.3 Å². The second-order valence-corrected chi connectivity index (χ2v) is 3.77. The van der Waals surface area contributed by atoms with Crippen LogP contribution in [0, 0.1) is 6.92 Å². The normalized spacial score (nSPS) is 10.0. The van der Waals surface area contributed by atoms with Crippen molar-refractivity contribution in [2.24, 2.45) is 0 Å². The summed E-state index contributed by atoms with van der Waals surface area (Å²) in [7, 11) is 1.35. The molecule has 17 heavy (non-hydrogen) atoms. The summed E-state index contributed by atoms with van der Waals surface area (Å²) in [5, 5.41) is 0. The first-order chi connectivity index (χ1) is 8.20. The minimum atomic E-state index is -0.417. The summed E-state index contributed by atoms with van der Waals surface area (Å²) in [6.45, 7) is 2.02. The van der Waals surface area contributed by atoms with E-state index in [2.05, 4.69) is 9.72 Å². The Hall–Kier alpha value is -2.16. The first kappa shape index (κ1) is 11.3. The van der Waals surface area contributed by atoms with E-state index in [1.54, 1.807) is 12.1 Å². The highest BCUT2D eigenvalue weighted by Crippen LogP contribution is 2.18. The average molecular weight is 227 g/mol. The van der Waals surface area contributed by atoms with Crippen molar-refractivity contribution < 1.29 is 9.53 Å². The summed E-state index contributed by atoms with van der Waals surface area (Å²) < 4.78 is 4.65. The second kappa shape index (κ2) is 4.78. The number of rotatable bonds is 2. The van der Waals surface area contributed by atoms with E-state index in [1.165, 1.54) is 7.11 Å². The predicted molar refractivity (Wildman–Crippen MR) is 65.7 cm³/mol. The number of pyridine rings is 1. The summed E-state index contributed by atoms with van der Waals surface area (Å²) in [5.74, 6) is -0.417. The van der Waals surface area contributed by atoms with Crippen molar-refractivity contribution in [3.63, 3.8) is 0 Å². The van der Waals surface area contributed by atoms with Gasteiger partial charge in [0.15, 0.2) is 0 Å². The van der Waals surface area contributed by atoms with E-state index in [4.69, 9.17) is 0 Å². The van der Waals surface area contributed by atoms with Gasteiger partial charge in [0.05, 0.1) is 12.8 Å². The fourth-order valence-electron chi connectivity index (χ4n) is 1.62. The molecule has 0 spiro atoms. The van der Waals surface area contributed by atoms with Crippen molar-refractivity contribution in [2.75, 3.05) is 7.11 Å². The molecule has 86 valence electrons. The summed E-state index contributed by atoms with van der Waals surface area (Å²) in [6, 6.07) is 13.3. The van der Waals surface area contributed by atoms with Crippen LogP contribution < -0.4 is 0 Å². The third kappa shape index (κ3) is 2.50. The predicted octanol–water partition coefficient (Wildman–Crippen LogP) is 2.84. The maximum Gasteiger partial charge on any atom is 0.356 e. The Labute approximate surface area is 100 Å². The van der Waals surface area contributed by atoms with Gasteiger partial charge in [-0.05, 0) is 25.1 Å². The minimum absolute atomic E-state index is 0.325. The SMILES string of the molecule is COC(=O)c1cccc(-c2cccc(C)c2)n1. The highest BCUT2D eigenvalue weighted by molar-refractivity contribution is 5.87. The summed E-state index contributed by atoms with van der Waals surface area (Å²) >= 11 is 0. The van der Waals surface area contributed by atoms with Gasteiger partial charge >= 0.3 is 5.97 Å². The molecule has 0 aliphatic rings. The molecule has 1 heterocycles. The first-order valence-corrected chi connectivity index (χ1v) is 5.33. The molecule has 2 rings (SSSR count). The maximum atomic E-state index is 11.4. The van der Waals surface area contributed by atoms with E-state index >= 15 is 0 Å². The molecule has 0 radical (unpaired) electrons. The van der Waals surface area contributed by atoms with Gasteiger partial charge in [-0.1, -0.05) is 29.8 Å². The first-order valence-electron chi connectivity index (χ1n) is 5.33. The van der Waals surface area contributed by atoms with Crippen molar-refractivity contribution in [3.05, 3.63) is 53.7 Å². The number of aromatic nitrogens is 1. The van der Waals surface area contributed by atoms with Gasteiger partial charge < -0.3 is 4.74 Å². The number of carbonyl (C=O) groups is 1. The Kier molecular flexibility index (Phi) is 3.19. The standard InChI is InChI=1S/C14H13NO2/c1-10-5-3-6-11(9-10)12-7-4-8-13(15-12)14(16)17-2/h3-9H,1-2H3. The Morgan fingerprint density at radius 1 is 1.18 bits per heavy atom. The number of methoxy groups -OCH3 is 1. The van der Waals surface area contributed by atoms with Crippen molar-refractivity contribution in [1.82, 2.24) is 4.98 Å². The monoisotopic (exact) mass is 227 g/mol. The third-order valence-electron chi connectivity index (χ3n) is 2.46. The maximum absolute atomic E-state index is 11.4. The molecule has 1 aromatic heterocycles. The summed E-state index contributed by atoms with van der Waals surface area (Å²) in [5.41, 5.74) is 3.26. The molecule has 0 aliphatic carbocycles. The number of hydrogen-bond acceptors (Lipinski definition) is 3. The van der Waals surface area contributed by atoms with Crippen LogP contribution in [0.15, 0.2) is 42.5 Å². The molecule has 0 saturated carbocycles. The van der Waals surface area contributed by atoms with E-state index < -0.39 is 5.97 Å². The fraction of sp³-hybridized carbons (Fsp3) is 0.143. The van der Waals surface area contributed by atoms with Crippen LogP contribution in [0.3, 0.4) is 0 Å². The van der Waals surface area contributed by atoms with Crippen LogP contribution in [0.5, 0.6) is 0 Å². The van der Waals surface area contributed by atoms with Gasteiger partial charge in [-0.2, -0.15) is 0 Å². The number of carbonyl (C=O) groups excluding carboxylic acids is 1. The van der Waals surface area contributed by atoms with Crippen molar-refractivity contribution in [2.45, 2.75) is 6.92 Å². The lowest BCUT2D eigenvalue weighted by atomic mass is 10.1. The molecule has 0 aliphatic heterocycles. The van der Waals surface area contributed by atoms with Crippen LogP contribution in [-0.4, -0.2) is 18.1 Å². The number of nitrogens with zero attached hydrogens (tertiary/aromatic N) is 1. The van der Waals surface area contributed by atoms with Crippen LogP contribution in [0.4, 0.5) is 0 Å². The summed E-state index contributed by atoms with van der Waals surface area (Å²) in [6.07, 6.45) is 0.